The van der Waals surface area contributed by atoms with Crippen molar-refractivity contribution in [3.63, 3.8) is 0 Å². The van der Waals surface area contributed by atoms with Crippen molar-refractivity contribution >= 4 is 6.09 Å². The number of amides is 1. The van der Waals surface area contributed by atoms with E-state index in [2.05, 4.69) is 29.6 Å². The zero-order valence-corrected chi connectivity index (χ0v) is 15.2. The van der Waals surface area contributed by atoms with E-state index >= 15 is 0 Å². The van der Waals surface area contributed by atoms with Crippen LogP contribution in [-0.2, 0) is 9.47 Å². The van der Waals surface area contributed by atoms with Crippen molar-refractivity contribution in [2.75, 3.05) is 26.9 Å². The van der Waals surface area contributed by atoms with Crippen LogP contribution in [0.4, 0.5) is 4.79 Å². The minimum Gasteiger partial charge on any atom is -0.449 e. The number of carbonyl (C=O) groups is 1. The van der Waals surface area contributed by atoms with E-state index in [1.807, 2.05) is 24.3 Å². The van der Waals surface area contributed by atoms with Crippen molar-refractivity contribution in [2.24, 2.45) is 0 Å². The largest absolute Gasteiger partial charge is 0.449 e. The summed E-state index contributed by atoms with van der Waals surface area (Å²) in [6, 6.07) is 16.4. The Morgan fingerprint density at radius 1 is 1.12 bits per heavy atom. The number of benzene rings is 2. The molecule has 1 amide bonds. The molecule has 0 aliphatic heterocycles. The Labute approximate surface area is 153 Å². The van der Waals surface area contributed by atoms with Crippen LogP contribution in [-0.4, -0.2) is 43.7 Å². The fraction of sp³-hybridized carbons (Fsp3) is 0.381. The SMILES string of the molecule is COCCC(C)(O)CNC(=O)OCC1c2ccccc2-c2ccccc21. The van der Waals surface area contributed by atoms with Crippen molar-refractivity contribution in [1.29, 1.82) is 0 Å². The fourth-order valence-corrected chi connectivity index (χ4v) is 3.32. The van der Waals surface area contributed by atoms with Gasteiger partial charge in [0.05, 0.1) is 5.60 Å². The zero-order chi connectivity index (χ0) is 18.6. The highest BCUT2D eigenvalue weighted by Gasteiger charge is 2.29. The van der Waals surface area contributed by atoms with Crippen LogP contribution in [0.5, 0.6) is 0 Å². The van der Waals surface area contributed by atoms with Gasteiger partial charge in [0.15, 0.2) is 0 Å². The van der Waals surface area contributed by atoms with Gasteiger partial charge in [-0.15, -0.1) is 0 Å². The normalized spacial score (nSPS) is 15.0. The van der Waals surface area contributed by atoms with E-state index in [9.17, 15) is 9.90 Å². The summed E-state index contributed by atoms with van der Waals surface area (Å²) in [5, 5.41) is 12.8. The molecule has 0 fully saturated rings. The molecule has 5 nitrogen and oxygen atoms in total. The number of fused-ring (bicyclic) bond motifs is 3. The van der Waals surface area contributed by atoms with E-state index < -0.39 is 11.7 Å². The fourth-order valence-electron chi connectivity index (χ4n) is 3.32. The van der Waals surface area contributed by atoms with Gasteiger partial charge in [-0.1, -0.05) is 48.5 Å². The number of hydrogen-bond donors (Lipinski definition) is 2. The predicted molar refractivity (Wildman–Crippen MR) is 100 cm³/mol. The molecule has 1 atom stereocenters. The Morgan fingerprint density at radius 2 is 1.69 bits per heavy atom. The predicted octanol–water partition coefficient (Wildman–Crippen LogP) is 3.31. The van der Waals surface area contributed by atoms with Gasteiger partial charge in [0.1, 0.15) is 6.61 Å². The zero-order valence-electron chi connectivity index (χ0n) is 15.2. The second-order valence-corrected chi connectivity index (χ2v) is 6.92. The summed E-state index contributed by atoms with van der Waals surface area (Å²) < 4.78 is 10.4. The summed E-state index contributed by atoms with van der Waals surface area (Å²) in [5.74, 6) is 0.0298. The Bertz CT molecular complexity index is 727. The first-order valence-corrected chi connectivity index (χ1v) is 8.82. The maximum absolute atomic E-state index is 12.1. The highest BCUT2D eigenvalue weighted by Crippen LogP contribution is 2.44. The minimum absolute atomic E-state index is 0.0298. The first kappa shape index (κ1) is 18.4. The molecule has 138 valence electrons. The van der Waals surface area contributed by atoms with Crippen LogP contribution < -0.4 is 5.32 Å². The lowest BCUT2D eigenvalue weighted by atomic mass is 9.98. The van der Waals surface area contributed by atoms with Crippen molar-refractivity contribution in [3.8, 4) is 11.1 Å². The highest BCUT2D eigenvalue weighted by molar-refractivity contribution is 5.79. The van der Waals surface area contributed by atoms with Crippen molar-refractivity contribution < 1.29 is 19.4 Å². The van der Waals surface area contributed by atoms with Crippen LogP contribution in [0.1, 0.15) is 30.4 Å². The molecule has 0 saturated heterocycles. The second-order valence-electron chi connectivity index (χ2n) is 6.92. The Balaban J connectivity index is 1.61. The summed E-state index contributed by atoms with van der Waals surface area (Å²) in [4.78, 5) is 12.1. The summed E-state index contributed by atoms with van der Waals surface area (Å²) in [6.07, 6.45) is -0.0859. The third-order valence-electron chi connectivity index (χ3n) is 4.80. The van der Waals surface area contributed by atoms with E-state index in [1.165, 1.54) is 22.3 Å². The van der Waals surface area contributed by atoms with Crippen LogP contribution in [0, 0.1) is 0 Å². The van der Waals surface area contributed by atoms with Crippen LogP contribution in [0.3, 0.4) is 0 Å². The lowest BCUT2D eigenvalue weighted by Crippen LogP contribution is -2.41. The molecule has 3 rings (SSSR count). The number of carbonyl (C=O) groups excluding carboxylic acids is 1. The van der Waals surface area contributed by atoms with Gasteiger partial charge >= 0.3 is 6.09 Å². The van der Waals surface area contributed by atoms with Crippen LogP contribution in [0.25, 0.3) is 11.1 Å². The number of methoxy groups -OCH3 is 1. The second kappa shape index (κ2) is 7.89. The maximum Gasteiger partial charge on any atom is 0.407 e. The topological polar surface area (TPSA) is 67.8 Å². The number of alkyl carbamates (subject to hydrolysis) is 1. The standard InChI is InChI=1S/C21H25NO4/c1-21(24,11-12-25-2)14-22-20(23)26-13-19-17-9-5-3-7-15(17)16-8-4-6-10-18(16)19/h3-10,19,24H,11-14H2,1-2H3,(H,22,23). The molecule has 26 heavy (non-hydrogen) atoms. The van der Waals surface area contributed by atoms with Gasteiger partial charge in [0.25, 0.3) is 0 Å². The Morgan fingerprint density at radius 3 is 2.27 bits per heavy atom. The molecular formula is C21H25NO4. The lowest BCUT2D eigenvalue weighted by molar-refractivity contribution is 0.0237. The lowest BCUT2D eigenvalue weighted by Gasteiger charge is -2.23. The summed E-state index contributed by atoms with van der Waals surface area (Å²) >= 11 is 0. The quantitative estimate of drug-likeness (QED) is 0.800. The number of ether oxygens (including phenoxy) is 2. The molecule has 2 N–H and O–H groups in total. The molecule has 0 heterocycles. The van der Waals surface area contributed by atoms with Gasteiger partial charge in [-0.2, -0.15) is 0 Å². The van der Waals surface area contributed by atoms with Crippen LogP contribution in [0.15, 0.2) is 48.5 Å². The van der Waals surface area contributed by atoms with Crippen molar-refractivity contribution in [2.45, 2.75) is 24.9 Å². The van der Waals surface area contributed by atoms with E-state index in [4.69, 9.17) is 9.47 Å². The highest BCUT2D eigenvalue weighted by atomic mass is 16.5. The first-order valence-electron chi connectivity index (χ1n) is 8.82. The molecular weight excluding hydrogens is 330 g/mol. The molecule has 2 aromatic rings. The van der Waals surface area contributed by atoms with Gasteiger partial charge < -0.3 is 19.9 Å². The van der Waals surface area contributed by atoms with E-state index in [1.54, 1.807) is 14.0 Å². The number of hydrogen-bond acceptors (Lipinski definition) is 4. The Hall–Kier alpha value is -2.37. The molecule has 0 radical (unpaired) electrons. The van der Waals surface area contributed by atoms with Crippen molar-refractivity contribution in [1.82, 2.24) is 5.32 Å². The van der Waals surface area contributed by atoms with Crippen molar-refractivity contribution in [3.05, 3.63) is 59.7 Å². The third kappa shape index (κ3) is 4.06. The van der Waals surface area contributed by atoms with Gasteiger partial charge in [0.2, 0.25) is 0 Å². The molecule has 0 bridgehead atoms. The average Bonchev–Trinajstić information content (AvgIpc) is 2.97. The first-order chi connectivity index (χ1) is 12.5. The summed E-state index contributed by atoms with van der Waals surface area (Å²) in [6.45, 7) is 2.47. The van der Waals surface area contributed by atoms with E-state index in [-0.39, 0.29) is 19.1 Å². The molecule has 1 aliphatic carbocycles. The molecule has 5 heteroatoms. The van der Waals surface area contributed by atoms with E-state index in [0.29, 0.717) is 13.0 Å². The molecule has 1 aliphatic rings. The third-order valence-corrected chi connectivity index (χ3v) is 4.80. The average molecular weight is 355 g/mol. The smallest absolute Gasteiger partial charge is 0.407 e. The maximum atomic E-state index is 12.1. The minimum atomic E-state index is -1.03. The number of aliphatic hydroxyl groups is 1. The van der Waals surface area contributed by atoms with Gasteiger partial charge in [-0.25, -0.2) is 4.79 Å². The molecule has 0 saturated carbocycles. The molecule has 0 aromatic heterocycles. The Kier molecular flexibility index (Phi) is 5.59. The summed E-state index contributed by atoms with van der Waals surface area (Å²) in [7, 11) is 1.58. The van der Waals surface area contributed by atoms with Gasteiger partial charge in [-0.3, -0.25) is 0 Å². The van der Waals surface area contributed by atoms with Gasteiger partial charge in [-0.05, 0) is 29.2 Å². The van der Waals surface area contributed by atoms with Crippen LogP contribution >= 0.6 is 0 Å². The monoisotopic (exact) mass is 355 g/mol. The molecule has 0 spiro atoms. The van der Waals surface area contributed by atoms with Crippen LogP contribution in [0.2, 0.25) is 0 Å². The number of nitrogens with one attached hydrogen (secondary N) is 1. The summed E-state index contributed by atoms with van der Waals surface area (Å²) in [5.41, 5.74) is 3.71. The van der Waals surface area contributed by atoms with E-state index in [0.717, 1.165) is 0 Å². The molecule has 1 unspecified atom stereocenters. The number of rotatable bonds is 7. The van der Waals surface area contributed by atoms with Gasteiger partial charge in [0, 0.05) is 32.6 Å². The molecule has 2 aromatic carbocycles.